The van der Waals surface area contributed by atoms with Crippen LogP contribution in [0.1, 0.15) is 13.8 Å². The molecule has 118 valence electrons. The second kappa shape index (κ2) is 23.7. The molecule has 0 rings (SSSR count). The molecule has 19 heavy (non-hydrogen) atoms. The Morgan fingerprint density at radius 3 is 1.05 bits per heavy atom. The van der Waals surface area contributed by atoms with E-state index < -0.39 is 32.3 Å². The summed E-state index contributed by atoms with van der Waals surface area (Å²) in [6.07, 6.45) is 2.72. The first kappa shape index (κ1) is 31.8. The zero-order chi connectivity index (χ0) is 17.2. The first-order valence-corrected chi connectivity index (χ1v) is 9.48. The summed E-state index contributed by atoms with van der Waals surface area (Å²) in [6, 6.07) is 0. The molecule has 2 unspecified atom stereocenters. The molecular formula is C6H18O9S3Ti. The Labute approximate surface area is 130 Å². The van der Waals surface area contributed by atoms with E-state index in [1.165, 1.54) is 0 Å². The van der Waals surface area contributed by atoms with Gasteiger partial charge in [0.2, 0.25) is 0 Å². The first-order chi connectivity index (χ1) is 8.20. The molecule has 0 aliphatic rings. The van der Waals surface area contributed by atoms with Crippen molar-refractivity contribution in [1.82, 2.24) is 0 Å². The Bertz CT molecular complexity index is 272. The van der Waals surface area contributed by atoms with E-state index in [-0.39, 0.29) is 6.10 Å². The van der Waals surface area contributed by atoms with Crippen LogP contribution in [-0.2, 0) is 56.0 Å². The number of rotatable bonds is 0. The van der Waals surface area contributed by atoms with E-state index in [9.17, 15) is 8.42 Å². The van der Waals surface area contributed by atoms with Crippen LogP contribution in [0.5, 0.6) is 0 Å². The number of hydrogen-bond acceptors (Lipinski definition) is 8. The van der Waals surface area contributed by atoms with Gasteiger partial charge in [-0.1, -0.05) is 22.2 Å². The van der Waals surface area contributed by atoms with Crippen molar-refractivity contribution >= 4 is 32.3 Å². The molecule has 0 fully saturated rings. The topological polar surface area (TPSA) is 172 Å². The predicted octanol–water partition coefficient (Wildman–Crippen LogP) is -1.24. The van der Waals surface area contributed by atoms with Crippen molar-refractivity contribution < 1.29 is 59.3 Å². The van der Waals surface area contributed by atoms with Gasteiger partial charge in [0.1, 0.15) is 0 Å². The van der Waals surface area contributed by atoms with Gasteiger partial charge >= 0.3 is 23.7 Å². The Hall–Kier alpha value is 0.604. The summed E-state index contributed by atoms with van der Waals surface area (Å²) in [5, 5.41) is 8.06. The Morgan fingerprint density at radius 2 is 1.05 bits per heavy atom. The summed E-state index contributed by atoms with van der Waals surface area (Å²) >= 11 is -2.97. The van der Waals surface area contributed by atoms with Crippen LogP contribution in [0.15, 0.2) is 0 Å². The second-order valence-electron chi connectivity index (χ2n) is 2.63. The third-order valence-electron chi connectivity index (χ3n) is 0. The molecule has 9 nitrogen and oxygen atoms in total. The van der Waals surface area contributed by atoms with E-state index in [1.807, 2.05) is 0 Å². The van der Waals surface area contributed by atoms with Crippen molar-refractivity contribution in [3.8, 4) is 0 Å². The number of hydrogen-bond donors (Lipinski definition) is 2. The molecule has 0 heterocycles. The van der Waals surface area contributed by atoms with E-state index in [2.05, 4.69) is 0 Å². The van der Waals surface area contributed by atoms with E-state index in [1.54, 1.807) is 13.8 Å². The standard InChI is InChI=1S/C3H8O.CH4O3S.2CH4O2S.O.Ti/c1-3(2)4;1-5(2,3)4;2*1-4(2)3;;/h3-4H,1-2H3;1H3,(H,2,3,4);2*1H3,(H,2,3);;/q;;;;;+2/p-2. The van der Waals surface area contributed by atoms with E-state index in [0.29, 0.717) is 6.26 Å². The summed E-state index contributed by atoms with van der Waals surface area (Å²) in [6.45, 7) is 3.44. The molecule has 0 saturated carbocycles. The summed E-state index contributed by atoms with van der Waals surface area (Å²) in [5.74, 6) is 0. The van der Waals surface area contributed by atoms with Gasteiger partial charge in [0.05, 0.1) is 6.26 Å². The summed E-state index contributed by atoms with van der Waals surface area (Å²) < 4.78 is 70.1. The molecular weight excluding hydrogens is 360 g/mol. The van der Waals surface area contributed by atoms with Gasteiger partial charge in [-0.15, -0.1) is 0 Å². The Morgan fingerprint density at radius 1 is 1.05 bits per heavy atom. The third-order valence-corrected chi connectivity index (χ3v) is 0. The Balaban J connectivity index is -0.0000000441. The van der Waals surface area contributed by atoms with Crippen LogP contribution in [-0.4, -0.2) is 60.5 Å². The molecule has 0 radical (unpaired) electrons. The second-order valence-corrected chi connectivity index (χ2v) is 5.70. The fourth-order valence-electron chi connectivity index (χ4n) is 0. The molecule has 0 spiro atoms. The van der Waals surface area contributed by atoms with Crippen molar-refractivity contribution in [1.29, 1.82) is 0 Å². The van der Waals surface area contributed by atoms with Gasteiger partial charge in [-0.05, 0) is 26.4 Å². The molecule has 0 bridgehead atoms. The zero-order valence-corrected chi connectivity index (χ0v) is 15.1. The van der Waals surface area contributed by atoms with Crippen LogP contribution in [0.2, 0.25) is 0 Å². The van der Waals surface area contributed by atoms with Crippen molar-refractivity contribution in [2.45, 2.75) is 20.0 Å². The number of aliphatic hydroxyl groups excluding tert-OH is 1. The molecule has 0 aromatic heterocycles. The third kappa shape index (κ3) is 14000. The van der Waals surface area contributed by atoms with E-state index in [4.69, 9.17) is 30.5 Å². The molecule has 13 heteroatoms. The van der Waals surface area contributed by atoms with Crippen molar-refractivity contribution in [2.75, 3.05) is 18.8 Å². The maximum atomic E-state index is 9.19. The van der Waals surface area contributed by atoms with Gasteiger partial charge in [0.15, 0.2) is 0 Å². The first-order valence-electron chi connectivity index (χ1n) is 4.02. The van der Waals surface area contributed by atoms with Gasteiger partial charge in [-0.2, -0.15) is 8.42 Å². The molecule has 2 atom stereocenters. The van der Waals surface area contributed by atoms with Crippen LogP contribution in [0, 0.1) is 0 Å². The van der Waals surface area contributed by atoms with Crippen LogP contribution in [0.4, 0.5) is 0 Å². The summed E-state index contributed by atoms with van der Waals surface area (Å²) in [4.78, 5) is 0. The SMILES string of the molecule is CC(C)O.CS(=O)(=O)O.CS(=O)[O-].CS(=O)[O-].[O]=[Ti+2]. The van der Waals surface area contributed by atoms with Crippen LogP contribution in [0.25, 0.3) is 0 Å². The minimum atomic E-state index is -3.67. The average molecular weight is 378 g/mol. The molecule has 0 aromatic carbocycles. The van der Waals surface area contributed by atoms with Crippen LogP contribution in [0.3, 0.4) is 0 Å². The average Bonchev–Trinajstić information content (AvgIpc) is 1.99. The van der Waals surface area contributed by atoms with Crippen molar-refractivity contribution in [2.24, 2.45) is 0 Å². The normalized spacial score (nSPS) is 11.8. The quantitative estimate of drug-likeness (QED) is 0.297. The van der Waals surface area contributed by atoms with Gasteiger partial charge in [0.25, 0.3) is 10.1 Å². The van der Waals surface area contributed by atoms with Crippen LogP contribution < -0.4 is 0 Å². The summed E-state index contributed by atoms with van der Waals surface area (Å²) in [5.41, 5.74) is 0. The Kier molecular flexibility index (Phi) is 39.6. The predicted molar refractivity (Wildman–Crippen MR) is 65.2 cm³/mol. The molecule has 0 saturated heterocycles. The van der Waals surface area contributed by atoms with Gasteiger partial charge < -0.3 is 14.2 Å². The molecule has 0 aromatic rings. The number of aliphatic hydroxyl groups is 1. The molecule has 2 N–H and O–H groups in total. The molecule has 0 aliphatic heterocycles. The summed E-state index contributed by atoms with van der Waals surface area (Å²) in [7, 11) is -3.67. The molecule has 0 amide bonds. The minimum absolute atomic E-state index is 0.167. The fourth-order valence-corrected chi connectivity index (χ4v) is 0. The zero-order valence-electron chi connectivity index (χ0n) is 11.1. The van der Waals surface area contributed by atoms with Gasteiger partial charge in [0, 0.05) is 6.10 Å². The van der Waals surface area contributed by atoms with E-state index in [0.717, 1.165) is 32.9 Å². The molecule has 0 aliphatic carbocycles. The monoisotopic (exact) mass is 378 g/mol. The van der Waals surface area contributed by atoms with Gasteiger partial charge in [-0.3, -0.25) is 13.0 Å². The fraction of sp³-hybridized carbons (Fsp3) is 1.00. The maximum absolute atomic E-state index is 9.19. The van der Waals surface area contributed by atoms with E-state index >= 15 is 0 Å². The van der Waals surface area contributed by atoms with Crippen LogP contribution >= 0.6 is 0 Å². The van der Waals surface area contributed by atoms with Gasteiger partial charge in [-0.25, -0.2) is 0 Å². The van der Waals surface area contributed by atoms with Crippen molar-refractivity contribution in [3.63, 3.8) is 0 Å². The van der Waals surface area contributed by atoms with Crippen molar-refractivity contribution in [3.05, 3.63) is 0 Å².